The van der Waals surface area contributed by atoms with Gasteiger partial charge in [-0.1, -0.05) is 0 Å². The maximum absolute atomic E-state index is 12.4. The Labute approximate surface area is 122 Å². The molecule has 116 valence electrons. The smallest absolute Gasteiger partial charge is 0.325 e. The summed E-state index contributed by atoms with van der Waals surface area (Å²) in [4.78, 5) is 39.8. The fourth-order valence-corrected chi connectivity index (χ4v) is 1.73. The molecule has 0 unspecified atom stereocenters. The van der Waals surface area contributed by atoms with E-state index in [2.05, 4.69) is 4.98 Å². The molecular formula is C14H20N2O5. The number of aryl methyl sites for hydroxylation is 1. The van der Waals surface area contributed by atoms with Crippen molar-refractivity contribution >= 4 is 11.9 Å². The number of ether oxygens (including phenoxy) is 2. The van der Waals surface area contributed by atoms with Gasteiger partial charge in [-0.3, -0.25) is 14.4 Å². The maximum atomic E-state index is 12.4. The Hall–Kier alpha value is -2.15. The molecule has 0 aliphatic carbocycles. The van der Waals surface area contributed by atoms with Crippen LogP contribution in [0.4, 0.5) is 0 Å². The molecule has 0 bridgehead atoms. The highest BCUT2D eigenvalue weighted by molar-refractivity contribution is 5.95. The predicted octanol–water partition coefficient (Wildman–Crippen LogP) is 0.335. The molecule has 0 atom stereocenters. The van der Waals surface area contributed by atoms with Crippen molar-refractivity contribution in [3.05, 3.63) is 33.7 Å². The number of H-pyrrole nitrogens is 1. The van der Waals surface area contributed by atoms with Crippen LogP contribution in [0.3, 0.4) is 0 Å². The van der Waals surface area contributed by atoms with Crippen LogP contribution in [0.25, 0.3) is 0 Å². The van der Waals surface area contributed by atoms with Crippen LogP contribution in [0.5, 0.6) is 0 Å². The lowest BCUT2D eigenvalue weighted by molar-refractivity contribution is -0.143. The first-order chi connectivity index (χ1) is 9.99. The molecular weight excluding hydrogens is 276 g/mol. The monoisotopic (exact) mass is 296 g/mol. The third-order valence-electron chi connectivity index (χ3n) is 2.77. The molecule has 1 aromatic heterocycles. The van der Waals surface area contributed by atoms with Gasteiger partial charge in [0.1, 0.15) is 12.1 Å². The molecule has 1 aromatic rings. The number of hydrogen-bond donors (Lipinski definition) is 1. The summed E-state index contributed by atoms with van der Waals surface area (Å²) < 4.78 is 9.75. The zero-order chi connectivity index (χ0) is 15.8. The third-order valence-corrected chi connectivity index (χ3v) is 2.77. The summed E-state index contributed by atoms with van der Waals surface area (Å²) in [6.07, 6.45) is 1.35. The number of rotatable bonds is 7. The van der Waals surface area contributed by atoms with Gasteiger partial charge in [-0.2, -0.15) is 0 Å². The number of pyridine rings is 1. The van der Waals surface area contributed by atoms with Gasteiger partial charge in [-0.15, -0.1) is 0 Å². The Morgan fingerprint density at radius 1 is 1.38 bits per heavy atom. The van der Waals surface area contributed by atoms with E-state index in [4.69, 9.17) is 9.47 Å². The zero-order valence-corrected chi connectivity index (χ0v) is 12.5. The standard InChI is InChI=1S/C14H20N2O5/c1-4-21-13(18)9-16(5-6-20-3)14(19)11-8-15-10(2)7-12(11)17/h7-8H,4-6,9H2,1-3H3,(H,15,17). The molecule has 0 saturated heterocycles. The minimum atomic E-state index is -0.527. The van der Waals surface area contributed by atoms with Crippen LogP contribution in [0.15, 0.2) is 17.1 Å². The number of aromatic amines is 1. The summed E-state index contributed by atoms with van der Waals surface area (Å²) in [5, 5.41) is 0. The van der Waals surface area contributed by atoms with Gasteiger partial charge in [-0.25, -0.2) is 0 Å². The molecule has 0 aromatic carbocycles. The number of hydrogen-bond acceptors (Lipinski definition) is 5. The van der Waals surface area contributed by atoms with Gasteiger partial charge in [-0.05, 0) is 13.8 Å². The molecule has 1 N–H and O–H groups in total. The van der Waals surface area contributed by atoms with Crippen molar-refractivity contribution in [2.24, 2.45) is 0 Å². The number of aromatic nitrogens is 1. The number of amides is 1. The molecule has 1 rings (SSSR count). The minimum Gasteiger partial charge on any atom is -0.465 e. The van der Waals surface area contributed by atoms with Crippen molar-refractivity contribution in [2.45, 2.75) is 13.8 Å². The van der Waals surface area contributed by atoms with E-state index in [0.717, 1.165) is 0 Å². The van der Waals surface area contributed by atoms with Crippen LogP contribution in [0.1, 0.15) is 23.0 Å². The van der Waals surface area contributed by atoms with Crippen molar-refractivity contribution in [3.63, 3.8) is 0 Å². The van der Waals surface area contributed by atoms with E-state index in [1.54, 1.807) is 13.8 Å². The SMILES string of the molecule is CCOC(=O)CN(CCOC)C(=O)c1c[nH]c(C)cc1=O. The lowest BCUT2D eigenvalue weighted by Gasteiger charge is -2.21. The Morgan fingerprint density at radius 3 is 2.67 bits per heavy atom. The molecule has 0 aliphatic heterocycles. The summed E-state index contributed by atoms with van der Waals surface area (Å²) in [7, 11) is 1.49. The Kier molecular flexibility index (Phi) is 6.61. The van der Waals surface area contributed by atoms with E-state index in [1.165, 1.54) is 24.3 Å². The summed E-state index contributed by atoms with van der Waals surface area (Å²) in [6, 6.07) is 1.34. The third kappa shape index (κ3) is 5.03. The number of carbonyl (C=O) groups excluding carboxylic acids is 2. The average Bonchev–Trinajstić information content (AvgIpc) is 2.43. The first-order valence-electron chi connectivity index (χ1n) is 6.62. The van der Waals surface area contributed by atoms with E-state index >= 15 is 0 Å². The average molecular weight is 296 g/mol. The Bertz CT molecular complexity index is 553. The summed E-state index contributed by atoms with van der Waals surface area (Å²) >= 11 is 0. The van der Waals surface area contributed by atoms with Crippen LogP contribution in [0, 0.1) is 6.92 Å². The normalized spacial score (nSPS) is 10.2. The fraction of sp³-hybridized carbons (Fsp3) is 0.500. The van der Waals surface area contributed by atoms with Crippen molar-refractivity contribution < 1.29 is 19.1 Å². The topological polar surface area (TPSA) is 88.7 Å². The van der Waals surface area contributed by atoms with Crippen molar-refractivity contribution in [1.29, 1.82) is 0 Å². The van der Waals surface area contributed by atoms with Gasteiger partial charge in [0.2, 0.25) is 0 Å². The first kappa shape index (κ1) is 16.9. The molecule has 7 nitrogen and oxygen atoms in total. The van der Waals surface area contributed by atoms with E-state index in [-0.39, 0.29) is 37.3 Å². The van der Waals surface area contributed by atoms with Gasteiger partial charge < -0.3 is 19.4 Å². The molecule has 1 amide bonds. The van der Waals surface area contributed by atoms with Gasteiger partial charge >= 0.3 is 5.97 Å². The van der Waals surface area contributed by atoms with Crippen molar-refractivity contribution in [2.75, 3.05) is 33.4 Å². The molecule has 21 heavy (non-hydrogen) atoms. The summed E-state index contributed by atoms with van der Waals surface area (Å²) in [5.41, 5.74) is 0.258. The highest BCUT2D eigenvalue weighted by Crippen LogP contribution is 2.01. The van der Waals surface area contributed by atoms with E-state index < -0.39 is 11.9 Å². The largest absolute Gasteiger partial charge is 0.465 e. The molecule has 0 fully saturated rings. The highest BCUT2D eigenvalue weighted by atomic mass is 16.5. The quantitative estimate of drug-likeness (QED) is 0.733. The molecule has 0 aliphatic rings. The van der Waals surface area contributed by atoms with E-state index in [9.17, 15) is 14.4 Å². The van der Waals surface area contributed by atoms with Crippen molar-refractivity contribution in [1.82, 2.24) is 9.88 Å². The second kappa shape index (κ2) is 8.21. The number of methoxy groups -OCH3 is 1. The highest BCUT2D eigenvalue weighted by Gasteiger charge is 2.21. The number of nitrogens with one attached hydrogen (secondary N) is 1. The second-order valence-electron chi connectivity index (χ2n) is 4.42. The lowest BCUT2D eigenvalue weighted by Crippen LogP contribution is -2.40. The first-order valence-corrected chi connectivity index (χ1v) is 6.62. The van der Waals surface area contributed by atoms with Crippen LogP contribution in [0.2, 0.25) is 0 Å². The maximum Gasteiger partial charge on any atom is 0.325 e. The van der Waals surface area contributed by atoms with Crippen LogP contribution < -0.4 is 5.43 Å². The number of esters is 1. The number of nitrogens with zero attached hydrogens (tertiary/aromatic N) is 1. The second-order valence-corrected chi connectivity index (χ2v) is 4.42. The zero-order valence-electron chi connectivity index (χ0n) is 12.5. The lowest BCUT2D eigenvalue weighted by atomic mass is 10.2. The van der Waals surface area contributed by atoms with Gasteiger partial charge in [0, 0.05) is 31.6 Å². The van der Waals surface area contributed by atoms with Crippen LogP contribution >= 0.6 is 0 Å². The molecule has 0 radical (unpaired) electrons. The Morgan fingerprint density at radius 2 is 2.10 bits per heavy atom. The molecule has 0 saturated carbocycles. The van der Waals surface area contributed by atoms with E-state index in [0.29, 0.717) is 5.69 Å². The summed E-state index contributed by atoms with van der Waals surface area (Å²) in [6.45, 7) is 3.87. The van der Waals surface area contributed by atoms with Crippen LogP contribution in [-0.4, -0.2) is 55.2 Å². The molecule has 7 heteroatoms. The summed E-state index contributed by atoms with van der Waals surface area (Å²) in [5.74, 6) is -1.05. The van der Waals surface area contributed by atoms with Gasteiger partial charge in [0.15, 0.2) is 5.43 Å². The van der Waals surface area contributed by atoms with Crippen LogP contribution in [-0.2, 0) is 14.3 Å². The molecule has 1 heterocycles. The van der Waals surface area contributed by atoms with Gasteiger partial charge in [0.05, 0.1) is 13.2 Å². The Balaban J connectivity index is 2.93. The van der Waals surface area contributed by atoms with Gasteiger partial charge in [0.25, 0.3) is 5.91 Å². The fourth-order valence-electron chi connectivity index (χ4n) is 1.73. The molecule has 0 spiro atoms. The predicted molar refractivity (Wildman–Crippen MR) is 76.2 cm³/mol. The van der Waals surface area contributed by atoms with E-state index in [1.807, 2.05) is 0 Å². The van der Waals surface area contributed by atoms with Crippen molar-refractivity contribution in [3.8, 4) is 0 Å². The number of carbonyl (C=O) groups is 2. The minimum absolute atomic E-state index is 0.0130.